The Morgan fingerprint density at radius 1 is 1.16 bits per heavy atom. The SMILES string of the molecule is COC(=O)c1c(C(=O)OC(C)(C)C)c(Br)c(-c2cccc(NC3CCNCC3)c2)[s+]1OC. The van der Waals surface area contributed by atoms with Gasteiger partial charge in [-0.15, -0.1) is 0 Å². The summed E-state index contributed by atoms with van der Waals surface area (Å²) in [5.74, 6) is -1.22. The van der Waals surface area contributed by atoms with Gasteiger partial charge in [0.1, 0.15) is 10.1 Å². The van der Waals surface area contributed by atoms with Crippen LogP contribution in [0, 0.1) is 0 Å². The summed E-state index contributed by atoms with van der Waals surface area (Å²) in [6.07, 6.45) is 2.10. The smallest absolute Gasteiger partial charge is 0.395 e. The number of carbonyl (C=O) groups is 2. The highest BCUT2D eigenvalue weighted by molar-refractivity contribution is 9.10. The van der Waals surface area contributed by atoms with Crippen LogP contribution in [-0.2, 0) is 9.47 Å². The number of piperidine rings is 1. The molecule has 1 aromatic heterocycles. The van der Waals surface area contributed by atoms with Crippen molar-refractivity contribution in [3.05, 3.63) is 39.2 Å². The van der Waals surface area contributed by atoms with Gasteiger partial charge < -0.3 is 20.1 Å². The first-order valence-corrected chi connectivity index (χ1v) is 12.4. The van der Waals surface area contributed by atoms with Crippen molar-refractivity contribution in [3.8, 4) is 10.4 Å². The average Bonchev–Trinajstić information content (AvgIpc) is 3.05. The topological polar surface area (TPSA) is 85.9 Å². The van der Waals surface area contributed by atoms with Crippen molar-refractivity contribution in [2.75, 3.05) is 32.6 Å². The minimum Gasteiger partial charge on any atom is -0.462 e. The Kier molecular flexibility index (Phi) is 7.97. The molecule has 0 amide bonds. The number of rotatable bonds is 6. The fourth-order valence-corrected chi connectivity index (χ4v) is 6.53. The fourth-order valence-electron chi connectivity index (χ4n) is 3.62. The highest BCUT2D eigenvalue weighted by Gasteiger charge is 2.43. The van der Waals surface area contributed by atoms with Gasteiger partial charge in [0.25, 0.3) is 0 Å². The molecule has 0 saturated carbocycles. The van der Waals surface area contributed by atoms with Gasteiger partial charge in [-0.25, -0.2) is 9.59 Å². The summed E-state index contributed by atoms with van der Waals surface area (Å²) in [5.41, 5.74) is 1.25. The van der Waals surface area contributed by atoms with Crippen LogP contribution in [0.1, 0.15) is 53.6 Å². The van der Waals surface area contributed by atoms with E-state index < -0.39 is 28.3 Å². The lowest BCUT2D eigenvalue weighted by Gasteiger charge is -2.24. The maximum absolute atomic E-state index is 13.0. The van der Waals surface area contributed by atoms with Gasteiger partial charge in [0, 0.05) is 17.3 Å². The zero-order chi connectivity index (χ0) is 23.5. The highest BCUT2D eigenvalue weighted by Crippen LogP contribution is 2.48. The fraction of sp³-hybridized carbons (Fsp3) is 0.478. The van der Waals surface area contributed by atoms with Gasteiger partial charge in [0.05, 0.1) is 14.2 Å². The van der Waals surface area contributed by atoms with E-state index in [0.29, 0.717) is 15.4 Å². The Hall–Kier alpha value is -1.94. The maximum atomic E-state index is 13.0. The van der Waals surface area contributed by atoms with Crippen molar-refractivity contribution in [3.63, 3.8) is 0 Å². The van der Waals surface area contributed by atoms with E-state index in [2.05, 4.69) is 26.6 Å². The van der Waals surface area contributed by atoms with Gasteiger partial charge in [0.2, 0.25) is 4.88 Å². The van der Waals surface area contributed by atoms with Gasteiger partial charge in [-0.2, -0.15) is 4.18 Å². The lowest BCUT2D eigenvalue weighted by atomic mass is 10.1. The van der Waals surface area contributed by atoms with Crippen molar-refractivity contribution in [2.45, 2.75) is 45.3 Å². The van der Waals surface area contributed by atoms with Crippen LogP contribution in [-0.4, -0.2) is 50.9 Å². The minimum absolute atomic E-state index is 0.142. The second-order valence-corrected chi connectivity index (χ2v) is 11.0. The molecule has 2 heterocycles. The third-order valence-corrected chi connectivity index (χ3v) is 7.93. The van der Waals surface area contributed by atoms with Gasteiger partial charge in [0.15, 0.2) is 16.3 Å². The summed E-state index contributed by atoms with van der Waals surface area (Å²) in [6, 6.07) is 8.32. The van der Waals surface area contributed by atoms with Crippen LogP contribution in [0.4, 0.5) is 5.69 Å². The van der Waals surface area contributed by atoms with Gasteiger partial charge in [-0.3, -0.25) is 0 Å². The number of esters is 2. The number of ether oxygens (including phenoxy) is 2. The molecule has 1 fully saturated rings. The molecule has 1 atom stereocenters. The third-order valence-electron chi connectivity index (χ3n) is 4.99. The highest BCUT2D eigenvalue weighted by atomic mass is 79.9. The Balaban J connectivity index is 2.09. The number of halogens is 1. The molecule has 32 heavy (non-hydrogen) atoms. The van der Waals surface area contributed by atoms with E-state index in [1.54, 1.807) is 20.8 Å². The zero-order valence-electron chi connectivity index (χ0n) is 19.0. The zero-order valence-corrected chi connectivity index (χ0v) is 21.4. The molecule has 2 aromatic rings. The second-order valence-electron chi connectivity index (χ2n) is 8.53. The van der Waals surface area contributed by atoms with E-state index in [1.807, 2.05) is 24.3 Å². The van der Waals surface area contributed by atoms with Crippen LogP contribution >= 0.6 is 26.7 Å². The Morgan fingerprint density at radius 2 is 1.84 bits per heavy atom. The van der Waals surface area contributed by atoms with E-state index in [4.69, 9.17) is 13.7 Å². The molecule has 2 N–H and O–H groups in total. The molecular formula is C23H30BrN2O5S+. The summed E-state index contributed by atoms with van der Waals surface area (Å²) in [7, 11) is 1.69. The predicted octanol–water partition coefficient (Wildman–Crippen LogP) is 4.83. The van der Waals surface area contributed by atoms with Crippen LogP contribution in [0.3, 0.4) is 0 Å². The molecule has 3 rings (SSSR count). The minimum atomic E-state index is -1.12. The first kappa shape index (κ1) is 24.7. The molecule has 0 spiro atoms. The number of nitrogens with one attached hydrogen (secondary N) is 2. The molecule has 0 aliphatic carbocycles. The van der Waals surface area contributed by atoms with Crippen molar-refractivity contribution < 1.29 is 23.2 Å². The summed E-state index contributed by atoms with van der Waals surface area (Å²) >= 11 is 3.57. The Morgan fingerprint density at radius 3 is 2.44 bits per heavy atom. The second kappa shape index (κ2) is 10.3. The van der Waals surface area contributed by atoms with Crippen molar-refractivity contribution in [1.29, 1.82) is 0 Å². The van der Waals surface area contributed by atoms with E-state index >= 15 is 0 Å². The summed E-state index contributed by atoms with van der Waals surface area (Å²) in [5, 5.41) is 6.96. The molecule has 9 heteroatoms. The summed E-state index contributed by atoms with van der Waals surface area (Å²) in [6.45, 7) is 7.33. The first-order chi connectivity index (χ1) is 15.2. The molecule has 0 radical (unpaired) electrons. The number of hydrogen-bond acceptors (Lipinski definition) is 7. The number of anilines is 1. The molecule has 0 bridgehead atoms. The largest absolute Gasteiger partial charge is 0.462 e. The normalized spacial score (nSPS) is 15.4. The van der Waals surface area contributed by atoms with Gasteiger partial charge >= 0.3 is 16.8 Å². The molecule has 1 aliphatic heterocycles. The van der Waals surface area contributed by atoms with Crippen LogP contribution in [0.2, 0.25) is 0 Å². The summed E-state index contributed by atoms with van der Waals surface area (Å²) in [4.78, 5) is 26.6. The lowest BCUT2D eigenvalue weighted by molar-refractivity contribution is 0.00651. The standard InChI is InChI=1S/C23H30BrN2O5S/c1-23(2,3)31-21(27)17-18(24)19(32(30-5)20(17)22(28)29-4)14-7-6-8-16(13-14)26-15-9-11-25-12-10-15/h6-8,13,15,25-26H,9-12H2,1-5H3/q+1. The van der Waals surface area contributed by atoms with E-state index in [-0.39, 0.29) is 10.4 Å². The molecule has 1 saturated heterocycles. The van der Waals surface area contributed by atoms with Crippen LogP contribution < -0.4 is 14.8 Å². The van der Waals surface area contributed by atoms with E-state index in [1.165, 1.54) is 14.2 Å². The van der Waals surface area contributed by atoms with Crippen molar-refractivity contribution in [1.82, 2.24) is 5.32 Å². The van der Waals surface area contributed by atoms with Crippen LogP contribution in [0.15, 0.2) is 28.7 Å². The Bertz CT molecular complexity index is 993. The number of methoxy groups -OCH3 is 1. The van der Waals surface area contributed by atoms with E-state index in [0.717, 1.165) is 37.2 Å². The van der Waals surface area contributed by atoms with Crippen molar-refractivity contribution in [2.24, 2.45) is 0 Å². The van der Waals surface area contributed by atoms with E-state index in [9.17, 15) is 9.59 Å². The molecule has 1 aliphatic rings. The summed E-state index contributed by atoms with van der Waals surface area (Å²) < 4.78 is 16.8. The average molecular weight is 526 g/mol. The predicted molar refractivity (Wildman–Crippen MR) is 131 cm³/mol. The third kappa shape index (κ3) is 5.51. The van der Waals surface area contributed by atoms with Crippen LogP contribution in [0.25, 0.3) is 10.4 Å². The molecule has 1 aromatic carbocycles. The maximum Gasteiger partial charge on any atom is 0.395 e. The lowest BCUT2D eigenvalue weighted by Crippen LogP contribution is -2.35. The number of thiophene rings is 1. The molecular weight excluding hydrogens is 496 g/mol. The van der Waals surface area contributed by atoms with Crippen molar-refractivity contribution >= 4 is 44.3 Å². The molecule has 7 nitrogen and oxygen atoms in total. The Labute approximate surface area is 200 Å². The monoisotopic (exact) mass is 525 g/mol. The number of benzene rings is 1. The van der Waals surface area contributed by atoms with Gasteiger partial charge in [-0.05, 0) is 80.8 Å². The quantitative estimate of drug-likeness (QED) is 0.412. The number of carbonyl (C=O) groups excluding carboxylic acids is 2. The van der Waals surface area contributed by atoms with Gasteiger partial charge in [-0.1, -0.05) is 6.07 Å². The first-order valence-electron chi connectivity index (χ1n) is 10.5. The molecule has 1 unspecified atom stereocenters. The number of hydrogen-bond donors (Lipinski definition) is 2. The van der Waals surface area contributed by atoms with Crippen LogP contribution in [0.5, 0.6) is 0 Å². The molecule has 174 valence electrons.